The molecule has 1 aromatic carbocycles. The van der Waals surface area contributed by atoms with Crippen LogP contribution in [0.25, 0.3) is 10.9 Å². The molecule has 0 aliphatic carbocycles. The van der Waals surface area contributed by atoms with Crippen LogP contribution in [0.15, 0.2) is 24.4 Å². The predicted octanol–water partition coefficient (Wildman–Crippen LogP) is 4.06. The number of aromatic amines is 1. The van der Waals surface area contributed by atoms with Crippen molar-refractivity contribution in [3.63, 3.8) is 0 Å². The van der Waals surface area contributed by atoms with E-state index in [2.05, 4.69) is 23.7 Å². The Bertz CT molecular complexity index is 983. The van der Waals surface area contributed by atoms with E-state index in [0.29, 0.717) is 19.1 Å². The highest BCUT2D eigenvalue weighted by atomic mass is 16.6. The summed E-state index contributed by atoms with van der Waals surface area (Å²) in [6.45, 7) is 14.8. The average Bonchev–Trinajstić information content (AvgIpc) is 3.38. The number of fused-ring (bicyclic) bond motifs is 1. The van der Waals surface area contributed by atoms with E-state index in [1.54, 1.807) is 4.90 Å². The molecule has 0 saturated carbocycles. The summed E-state index contributed by atoms with van der Waals surface area (Å²) < 4.78 is 5.54. The predicted molar refractivity (Wildman–Crippen MR) is 126 cm³/mol. The molecule has 2 fully saturated rings. The summed E-state index contributed by atoms with van der Waals surface area (Å²) >= 11 is 0. The number of nitrogens with zero attached hydrogens (tertiary/aromatic N) is 3. The Labute approximate surface area is 190 Å². The van der Waals surface area contributed by atoms with Crippen LogP contribution >= 0.6 is 0 Å². The lowest BCUT2D eigenvalue weighted by Crippen LogP contribution is -2.50. The van der Waals surface area contributed by atoms with Crippen LogP contribution in [0, 0.1) is 0 Å². The molecule has 2 aliphatic rings. The molecule has 2 saturated heterocycles. The molecular weight excluding hydrogens is 404 g/mol. The maximum atomic E-state index is 13.2. The van der Waals surface area contributed by atoms with E-state index >= 15 is 0 Å². The molecule has 0 bridgehead atoms. The van der Waals surface area contributed by atoms with Crippen LogP contribution in [0.5, 0.6) is 0 Å². The smallest absolute Gasteiger partial charge is 0.410 e. The highest BCUT2D eigenvalue weighted by Gasteiger charge is 2.32. The van der Waals surface area contributed by atoms with Gasteiger partial charge in [0.1, 0.15) is 5.60 Å². The number of hydrogen-bond donors (Lipinski definition) is 1. The van der Waals surface area contributed by atoms with Gasteiger partial charge in [-0.25, -0.2) is 4.79 Å². The molecule has 7 nitrogen and oxygen atoms in total. The summed E-state index contributed by atoms with van der Waals surface area (Å²) in [5.74, 6) is 0.334. The van der Waals surface area contributed by atoms with Crippen molar-refractivity contribution in [1.82, 2.24) is 19.7 Å². The van der Waals surface area contributed by atoms with Gasteiger partial charge in [0.05, 0.1) is 0 Å². The number of benzene rings is 1. The first-order valence-electron chi connectivity index (χ1n) is 11.7. The number of ether oxygens (including phenoxy) is 1. The Morgan fingerprint density at radius 1 is 1.06 bits per heavy atom. The Balaban J connectivity index is 1.48. The summed E-state index contributed by atoms with van der Waals surface area (Å²) in [7, 11) is 0. The van der Waals surface area contributed by atoms with Crippen LogP contribution in [0.2, 0.25) is 0 Å². The molecule has 32 heavy (non-hydrogen) atoms. The monoisotopic (exact) mass is 440 g/mol. The van der Waals surface area contributed by atoms with Crippen LogP contribution in [0.4, 0.5) is 4.79 Å². The van der Waals surface area contributed by atoms with E-state index in [9.17, 15) is 9.59 Å². The summed E-state index contributed by atoms with van der Waals surface area (Å²) in [6, 6.07) is 6.45. The Hall–Kier alpha value is -2.54. The van der Waals surface area contributed by atoms with Crippen LogP contribution in [0.3, 0.4) is 0 Å². The van der Waals surface area contributed by atoms with Crippen molar-refractivity contribution in [2.75, 3.05) is 39.3 Å². The standard InChI is InChI=1S/C25H36N4O3/c1-17(2)27-10-12-28(13-11-27)23(30)18-6-7-22-20(14-18)21(15-26-22)19-8-9-29(16-19)24(31)32-25(3,4)5/h6-7,14-15,17,19,26H,8-13,16H2,1-5H3/t19-/m1/s1. The van der Waals surface area contributed by atoms with E-state index in [-0.39, 0.29) is 17.9 Å². The molecule has 2 aromatic rings. The number of carbonyl (C=O) groups excluding carboxylic acids is 2. The molecule has 1 N–H and O–H groups in total. The first kappa shape index (κ1) is 22.6. The van der Waals surface area contributed by atoms with Crippen molar-refractivity contribution < 1.29 is 14.3 Å². The lowest BCUT2D eigenvalue weighted by atomic mass is 9.97. The van der Waals surface area contributed by atoms with Gasteiger partial charge in [0, 0.05) is 73.9 Å². The second-order valence-electron chi connectivity index (χ2n) is 10.3. The number of rotatable bonds is 3. The minimum absolute atomic E-state index is 0.101. The van der Waals surface area contributed by atoms with Gasteiger partial charge in [0.25, 0.3) is 5.91 Å². The molecular formula is C25H36N4O3. The van der Waals surface area contributed by atoms with E-state index in [0.717, 1.165) is 49.1 Å². The third kappa shape index (κ3) is 4.77. The molecule has 0 unspecified atom stereocenters. The largest absolute Gasteiger partial charge is 0.444 e. The van der Waals surface area contributed by atoms with Crippen molar-refractivity contribution in [3.05, 3.63) is 35.5 Å². The fourth-order valence-electron chi connectivity index (χ4n) is 4.74. The van der Waals surface area contributed by atoms with Crippen LogP contribution in [-0.2, 0) is 4.74 Å². The van der Waals surface area contributed by atoms with Crippen molar-refractivity contribution in [3.8, 4) is 0 Å². The van der Waals surface area contributed by atoms with Crippen LogP contribution in [0.1, 0.15) is 62.9 Å². The number of carbonyl (C=O) groups is 2. The van der Waals surface area contributed by atoms with Gasteiger partial charge in [0.15, 0.2) is 0 Å². The summed E-state index contributed by atoms with van der Waals surface area (Å²) in [5, 5.41) is 1.08. The zero-order valence-electron chi connectivity index (χ0n) is 20.0. The molecule has 1 aromatic heterocycles. The zero-order valence-corrected chi connectivity index (χ0v) is 20.0. The van der Waals surface area contributed by atoms with Gasteiger partial charge < -0.3 is 19.5 Å². The first-order valence-corrected chi connectivity index (χ1v) is 11.7. The van der Waals surface area contributed by atoms with Gasteiger partial charge in [-0.1, -0.05) is 0 Å². The molecule has 2 amide bonds. The molecule has 174 valence electrons. The molecule has 4 rings (SSSR count). The Kier molecular flexibility index (Phi) is 6.21. The van der Waals surface area contributed by atoms with E-state index in [1.165, 1.54) is 5.56 Å². The molecule has 1 atom stereocenters. The number of piperazine rings is 1. The number of nitrogens with one attached hydrogen (secondary N) is 1. The quantitative estimate of drug-likeness (QED) is 0.782. The molecule has 3 heterocycles. The number of H-pyrrole nitrogens is 1. The summed E-state index contributed by atoms with van der Waals surface area (Å²) in [6.07, 6.45) is 2.67. The molecule has 0 spiro atoms. The van der Waals surface area contributed by atoms with E-state index < -0.39 is 5.60 Å². The van der Waals surface area contributed by atoms with Crippen molar-refractivity contribution >= 4 is 22.9 Å². The van der Waals surface area contributed by atoms with Gasteiger partial charge in [-0.05, 0) is 64.8 Å². The average molecular weight is 441 g/mol. The van der Waals surface area contributed by atoms with Gasteiger partial charge in [-0.3, -0.25) is 9.69 Å². The number of hydrogen-bond acceptors (Lipinski definition) is 4. The maximum absolute atomic E-state index is 13.2. The van der Waals surface area contributed by atoms with E-state index in [4.69, 9.17) is 4.74 Å². The zero-order chi connectivity index (χ0) is 23.0. The highest BCUT2D eigenvalue weighted by molar-refractivity contribution is 5.99. The third-order valence-electron chi connectivity index (χ3n) is 6.57. The van der Waals surface area contributed by atoms with Crippen LogP contribution in [-0.4, -0.2) is 82.6 Å². The fourth-order valence-corrected chi connectivity index (χ4v) is 4.74. The van der Waals surface area contributed by atoms with Crippen molar-refractivity contribution in [2.24, 2.45) is 0 Å². The molecule has 0 radical (unpaired) electrons. The van der Waals surface area contributed by atoms with Gasteiger partial charge >= 0.3 is 6.09 Å². The van der Waals surface area contributed by atoms with Gasteiger partial charge in [-0.15, -0.1) is 0 Å². The summed E-state index contributed by atoms with van der Waals surface area (Å²) in [5.41, 5.74) is 2.44. The fraction of sp³-hybridized carbons (Fsp3) is 0.600. The molecule has 2 aliphatic heterocycles. The van der Waals surface area contributed by atoms with Gasteiger partial charge in [-0.2, -0.15) is 0 Å². The minimum atomic E-state index is -0.494. The number of aromatic nitrogens is 1. The maximum Gasteiger partial charge on any atom is 0.410 e. The number of amides is 2. The normalized spacial score (nSPS) is 20.4. The van der Waals surface area contributed by atoms with Crippen molar-refractivity contribution in [2.45, 2.75) is 58.6 Å². The van der Waals surface area contributed by atoms with Crippen LogP contribution < -0.4 is 0 Å². The highest BCUT2D eigenvalue weighted by Crippen LogP contribution is 2.33. The minimum Gasteiger partial charge on any atom is -0.444 e. The first-order chi connectivity index (χ1) is 15.1. The second-order valence-corrected chi connectivity index (χ2v) is 10.3. The van der Waals surface area contributed by atoms with Crippen molar-refractivity contribution in [1.29, 1.82) is 0 Å². The SMILES string of the molecule is CC(C)N1CCN(C(=O)c2ccc3[nH]cc([C@@H]4CCN(C(=O)OC(C)(C)C)C4)c3c2)CC1. The second kappa shape index (κ2) is 8.77. The van der Waals surface area contributed by atoms with Gasteiger partial charge in [0.2, 0.25) is 0 Å². The third-order valence-corrected chi connectivity index (χ3v) is 6.57. The Morgan fingerprint density at radius 2 is 1.78 bits per heavy atom. The topological polar surface area (TPSA) is 68.9 Å². The summed E-state index contributed by atoms with van der Waals surface area (Å²) in [4.78, 5) is 35.2. The lowest BCUT2D eigenvalue weighted by molar-refractivity contribution is 0.0292. The van der Waals surface area contributed by atoms with E-state index in [1.807, 2.05) is 50.1 Å². The number of likely N-dealkylation sites (tertiary alicyclic amines) is 1. The Morgan fingerprint density at radius 3 is 2.44 bits per heavy atom. The molecule has 7 heteroatoms. The lowest BCUT2D eigenvalue weighted by Gasteiger charge is -2.37.